The van der Waals surface area contributed by atoms with E-state index in [-0.39, 0.29) is 6.04 Å². The number of hydrogen-bond acceptors (Lipinski definition) is 2. The third-order valence-corrected chi connectivity index (χ3v) is 3.44. The van der Waals surface area contributed by atoms with E-state index < -0.39 is 0 Å². The minimum Gasteiger partial charge on any atom is -0.494 e. The van der Waals surface area contributed by atoms with Gasteiger partial charge < -0.3 is 10.5 Å². The van der Waals surface area contributed by atoms with E-state index in [9.17, 15) is 0 Å². The van der Waals surface area contributed by atoms with E-state index in [1.165, 1.54) is 5.56 Å². The van der Waals surface area contributed by atoms with Crippen LogP contribution in [0.25, 0.3) is 0 Å². The van der Waals surface area contributed by atoms with E-state index in [2.05, 4.69) is 38.1 Å². The molecule has 0 aliphatic heterocycles. The van der Waals surface area contributed by atoms with Gasteiger partial charge in [-0.3, -0.25) is 0 Å². The minimum atomic E-state index is -0.0831. The zero-order chi connectivity index (χ0) is 14.4. The summed E-state index contributed by atoms with van der Waals surface area (Å²) in [6.07, 6.45) is 2.24. The van der Waals surface area contributed by atoms with Gasteiger partial charge in [0.25, 0.3) is 0 Å². The summed E-state index contributed by atoms with van der Waals surface area (Å²) in [6, 6.07) is 16.4. The Balaban J connectivity index is 2.03. The molecule has 0 radical (unpaired) electrons. The Morgan fingerprint density at radius 1 is 0.950 bits per heavy atom. The van der Waals surface area contributed by atoms with Gasteiger partial charge in [0, 0.05) is 0 Å². The molecule has 20 heavy (non-hydrogen) atoms. The lowest BCUT2D eigenvalue weighted by atomic mass is 9.99. The first-order valence-electron chi connectivity index (χ1n) is 7.25. The SMILES string of the molecule is CCCCOc1ccc(C(N)c2ccc(C)cc2)cc1. The lowest BCUT2D eigenvalue weighted by Gasteiger charge is -2.14. The van der Waals surface area contributed by atoms with Crippen LogP contribution in [0.2, 0.25) is 0 Å². The highest BCUT2D eigenvalue weighted by Crippen LogP contribution is 2.22. The number of unbranched alkanes of at least 4 members (excludes halogenated alkanes) is 1. The summed E-state index contributed by atoms with van der Waals surface area (Å²) < 4.78 is 5.66. The summed E-state index contributed by atoms with van der Waals surface area (Å²) in [5.41, 5.74) is 9.79. The molecule has 2 aromatic rings. The normalized spacial score (nSPS) is 12.2. The van der Waals surface area contributed by atoms with Crippen molar-refractivity contribution >= 4 is 0 Å². The third-order valence-electron chi connectivity index (χ3n) is 3.44. The zero-order valence-electron chi connectivity index (χ0n) is 12.3. The predicted octanol–water partition coefficient (Wildman–Crippen LogP) is 4.22. The van der Waals surface area contributed by atoms with Gasteiger partial charge in [-0.25, -0.2) is 0 Å². The molecule has 2 aromatic carbocycles. The molecular formula is C18H23NO. The van der Waals surface area contributed by atoms with Crippen LogP contribution >= 0.6 is 0 Å². The Bertz CT molecular complexity index is 516. The van der Waals surface area contributed by atoms with E-state index in [0.29, 0.717) is 0 Å². The number of ether oxygens (including phenoxy) is 1. The summed E-state index contributed by atoms with van der Waals surface area (Å²) in [6.45, 7) is 5.02. The lowest BCUT2D eigenvalue weighted by molar-refractivity contribution is 0.309. The van der Waals surface area contributed by atoms with Crippen LogP contribution in [0.3, 0.4) is 0 Å². The van der Waals surface area contributed by atoms with E-state index in [4.69, 9.17) is 10.5 Å². The molecular weight excluding hydrogens is 246 g/mol. The number of rotatable bonds is 6. The zero-order valence-corrected chi connectivity index (χ0v) is 12.3. The maximum atomic E-state index is 6.30. The first-order chi connectivity index (χ1) is 9.70. The average molecular weight is 269 g/mol. The molecule has 2 rings (SSSR count). The Hall–Kier alpha value is -1.80. The van der Waals surface area contributed by atoms with Crippen LogP contribution in [0.1, 0.15) is 42.5 Å². The van der Waals surface area contributed by atoms with E-state index in [1.54, 1.807) is 0 Å². The fourth-order valence-corrected chi connectivity index (χ4v) is 2.07. The quantitative estimate of drug-likeness (QED) is 0.797. The first-order valence-corrected chi connectivity index (χ1v) is 7.25. The van der Waals surface area contributed by atoms with Gasteiger partial charge in [-0.15, -0.1) is 0 Å². The standard InChI is InChI=1S/C18H23NO/c1-3-4-13-20-17-11-9-16(10-12-17)18(19)15-7-5-14(2)6-8-15/h5-12,18H,3-4,13,19H2,1-2H3. The largest absolute Gasteiger partial charge is 0.494 e. The molecule has 1 unspecified atom stereocenters. The number of hydrogen-bond donors (Lipinski definition) is 1. The predicted molar refractivity (Wildman–Crippen MR) is 84.1 cm³/mol. The molecule has 0 aliphatic rings. The van der Waals surface area contributed by atoms with Gasteiger partial charge in [-0.2, -0.15) is 0 Å². The molecule has 0 fully saturated rings. The second-order valence-electron chi connectivity index (χ2n) is 5.16. The maximum Gasteiger partial charge on any atom is 0.119 e. The van der Waals surface area contributed by atoms with Crippen LogP contribution in [0, 0.1) is 6.92 Å². The molecule has 2 heteroatoms. The van der Waals surface area contributed by atoms with E-state index >= 15 is 0 Å². The van der Waals surface area contributed by atoms with Crippen molar-refractivity contribution in [1.29, 1.82) is 0 Å². The molecule has 0 aliphatic carbocycles. The summed E-state index contributed by atoms with van der Waals surface area (Å²) in [7, 11) is 0. The highest BCUT2D eigenvalue weighted by Gasteiger charge is 2.08. The van der Waals surface area contributed by atoms with Gasteiger partial charge in [0.2, 0.25) is 0 Å². The Morgan fingerprint density at radius 2 is 1.50 bits per heavy atom. The van der Waals surface area contributed by atoms with Crippen LogP contribution in [0.4, 0.5) is 0 Å². The third kappa shape index (κ3) is 3.84. The highest BCUT2D eigenvalue weighted by molar-refractivity contribution is 5.35. The fraction of sp³-hybridized carbons (Fsp3) is 0.333. The monoisotopic (exact) mass is 269 g/mol. The highest BCUT2D eigenvalue weighted by atomic mass is 16.5. The topological polar surface area (TPSA) is 35.2 Å². The Labute approximate surface area is 121 Å². The molecule has 0 spiro atoms. The van der Waals surface area contributed by atoms with E-state index in [0.717, 1.165) is 36.3 Å². The molecule has 0 amide bonds. The summed E-state index contributed by atoms with van der Waals surface area (Å²) >= 11 is 0. The smallest absolute Gasteiger partial charge is 0.119 e. The van der Waals surface area contributed by atoms with Crippen molar-refractivity contribution in [3.05, 3.63) is 65.2 Å². The summed E-state index contributed by atoms with van der Waals surface area (Å²) in [5, 5.41) is 0. The second-order valence-corrected chi connectivity index (χ2v) is 5.16. The van der Waals surface area contributed by atoms with Gasteiger partial charge in [0.1, 0.15) is 5.75 Å². The lowest BCUT2D eigenvalue weighted by Crippen LogP contribution is -2.11. The van der Waals surface area contributed by atoms with Crippen LogP contribution in [-0.4, -0.2) is 6.61 Å². The molecule has 0 saturated carbocycles. The maximum absolute atomic E-state index is 6.30. The van der Waals surface area contributed by atoms with Crippen molar-refractivity contribution < 1.29 is 4.74 Å². The molecule has 106 valence electrons. The van der Waals surface area contributed by atoms with E-state index in [1.807, 2.05) is 24.3 Å². The Kier molecular flexibility index (Phi) is 5.19. The van der Waals surface area contributed by atoms with Crippen molar-refractivity contribution in [3.63, 3.8) is 0 Å². The summed E-state index contributed by atoms with van der Waals surface area (Å²) in [4.78, 5) is 0. The molecule has 0 saturated heterocycles. The minimum absolute atomic E-state index is 0.0831. The average Bonchev–Trinajstić information content (AvgIpc) is 2.48. The van der Waals surface area contributed by atoms with Gasteiger partial charge in [-0.1, -0.05) is 55.3 Å². The van der Waals surface area contributed by atoms with Crippen molar-refractivity contribution in [2.75, 3.05) is 6.61 Å². The number of nitrogens with two attached hydrogens (primary N) is 1. The van der Waals surface area contributed by atoms with Gasteiger partial charge in [0.15, 0.2) is 0 Å². The molecule has 2 N–H and O–H groups in total. The van der Waals surface area contributed by atoms with Crippen LogP contribution < -0.4 is 10.5 Å². The van der Waals surface area contributed by atoms with Crippen LogP contribution in [-0.2, 0) is 0 Å². The van der Waals surface area contributed by atoms with Crippen molar-refractivity contribution in [1.82, 2.24) is 0 Å². The second kappa shape index (κ2) is 7.11. The van der Waals surface area contributed by atoms with Crippen LogP contribution in [0.15, 0.2) is 48.5 Å². The van der Waals surface area contributed by atoms with Crippen molar-refractivity contribution in [2.45, 2.75) is 32.7 Å². The molecule has 0 bridgehead atoms. The molecule has 2 nitrogen and oxygen atoms in total. The van der Waals surface area contributed by atoms with Gasteiger partial charge >= 0.3 is 0 Å². The molecule has 0 heterocycles. The van der Waals surface area contributed by atoms with Crippen molar-refractivity contribution in [2.24, 2.45) is 5.73 Å². The molecule has 1 atom stereocenters. The fourth-order valence-electron chi connectivity index (χ4n) is 2.07. The number of aryl methyl sites for hydroxylation is 1. The van der Waals surface area contributed by atoms with Gasteiger partial charge in [0.05, 0.1) is 12.6 Å². The van der Waals surface area contributed by atoms with Crippen molar-refractivity contribution in [3.8, 4) is 5.75 Å². The Morgan fingerprint density at radius 3 is 2.05 bits per heavy atom. The summed E-state index contributed by atoms with van der Waals surface area (Å²) in [5.74, 6) is 0.915. The number of benzene rings is 2. The first kappa shape index (κ1) is 14.6. The van der Waals surface area contributed by atoms with Crippen LogP contribution in [0.5, 0.6) is 5.75 Å². The molecule has 0 aromatic heterocycles. The van der Waals surface area contributed by atoms with Gasteiger partial charge in [-0.05, 0) is 36.6 Å².